The Balaban J connectivity index is 3.28. The number of hydrogen-bond acceptors (Lipinski definition) is 3. The summed E-state index contributed by atoms with van der Waals surface area (Å²) in [5, 5.41) is 8.02. The van der Waals surface area contributed by atoms with Gasteiger partial charge in [0, 0.05) is 6.42 Å². The molecule has 0 aliphatic rings. The Morgan fingerprint density at radius 2 is 2.00 bits per heavy atom. The first-order chi connectivity index (χ1) is 4.16. The highest BCUT2D eigenvalue weighted by molar-refractivity contribution is 8.13. The molecule has 0 amide bonds. The Kier molecular flexibility index (Phi) is 4.13. The topological polar surface area (TPSA) is 54.4 Å². The van der Waals surface area contributed by atoms with Gasteiger partial charge < -0.3 is 5.11 Å². The monoisotopic (exact) mass is 148 g/mol. The van der Waals surface area contributed by atoms with E-state index in [4.69, 9.17) is 5.11 Å². The molecule has 0 radical (unpaired) electrons. The highest BCUT2D eigenvalue weighted by atomic mass is 32.2. The number of carboxylic acids is 1. The zero-order valence-corrected chi connectivity index (χ0v) is 5.90. The highest BCUT2D eigenvalue weighted by Crippen LogP contribution is 2.01. The second-order valence-electron chi connectivity index (χ2n) is 1.47. The molecule has 1 N–H and O–H groups in total. The van der Waals surface area contributed by atoms with E-state index in [0.29, 0.717) is 0 Å². The van der Waals surface area contributed by atoms with Crippen LogP contribution in [0.1, 0.15) is 12.8 Å². The first-order valence-electron chi connectivity index (χ1n) is 2.45. The van der Waals surface area contributed by atoms with Crippen molar-refractivity contribution in [2.45, 2.75) is 12.8 Å². The van der Waals surface area contributed by atoms with Crippen molar-refractivity contribution in [3.05, 3.63) is 0 Å². The van der Waals surface area contributed by atoms with Gasteiger partial charge in [0.2, 0.25) is 0 Å². The van der Waals surface area contributed by atoms with Gasteiger partial charge in [-0.15, -0.1) is 0 Å². The molecule has 9 heavy (non-hydrogen) atoms. The van der Waals surface area contributed by atoms with Crippen molar-refractivity contribution in [3.8, 4) is 0 Å². The van der Waals surface area contributed by atoms with Crippen LogP contribution >= 0.6 is 11.8 Å². The van der Waals surface area contributed by atoms with E-state index in [1.54, 1.807) is 6.26 Å². The zero-order chi connectivity index (χ0) is 7.28. The van der Waals surface area contributed by atoms with Crippen LogP contribution in [0.4, 0.5) is 0 Å². The summed E-state index contributed by atoms with van der Waals surface area (Å²) in [4.78, 5) is 20.3. The van der Waals surface area contributed by atoms with E-state index in [1.165, 1.54) is 0 Å². The highest BCUT2D eigenvalue weighted by Gasteiger charge is 2.01. The standard InChI is InChI=1S/C5H8O3S/c1-9-5(8)3-2-4(6)7/h2-3H2,1H3,(H,6,7). The first kappa shape index (κ1) is 8.49. The predicted octanol–water partition coefficient (Wildman–Crippen LogP) is 0.741. The summed E-state index contributed by atoms with van der Waals surface area (Å²) in [5.41, 5.74) is 0. The van der Waals surface area contributed by atoms with E-state index in [1.807, 2.05) is 0 Å². The molecular weight excluding hydrogens is 140 g/mol. The lowest BCUT2D eigenvalue weighted by Gasteiger charge is -1.89. The third kappa shape index (κ3) is 5.36. The Labute approximate surface area is 57.4 Å². The van der Waals surface area contributed by atoms with Crippen LogP contribution in [0, 0.1) is 0 Å². The van der Waals surface area contributed by atoms with Gasteiger partial charge in [0.15, 0.2) is 5.12 Å². The van der Waals surface area contributed by atoms with Crippen LogP contribution in [-0.2, 0) is 9.59 Å². The van der Waals surface area contributed by atoms with Crippen LogP contribution in [0.15, 0.2) is 0 Å². The SMILES string of the molecule is CSC(=O)CCC(=O)O. The smallest absolute Gasteiger partial charge is 0.303 e. The molecular formula is C5H8O3S. The molecule has 3 nitrogen and oxygen atoms in total. The van der Waals surface area contributed by atoms with Crippen LogP contribution in [0.5, 0.6) is 0 Å². The number of aliphatic carboxylic acids is 1. The summed E-state index contributed by atoms with van der Waals surface area (Å²) in [6.07, 6.45) is 1.72. The number of thioether (sulfide) groups is 1. The molecule has 0 saturated carbocycles. The van der Waals surface area contributed by atoms with E-state index in [9.17, 15) is 9.59 Å². The molecule has 52 valence electrons. The zero-order valence-electron chi connectivity index (χ0n) is 5.09. The second-order valence-corrected chi connectivity index (χ2v) is 2.33. The predicted molar refractivity (Wildman–Crippen MR) is 35.4 cm³/mol. The van der Waals surface area contributed by atoms with Gasteiger partial charge >= 0.3 is 5.97 Å². The lowest BCUT2D eigenvalue weighted by Crippen LogP contribution is -1.98. The molecule has 0 spiro atoms. The molecule has 0 rings (SSSR count). The van der Waals surface area contributed by atoms with E-state index in [0.717, 1.165) is 11.8 Å². The molecule has 0 aromatic heterocycles. The molecule has 0 fully saturated rings. The molecule has 0 aliphatic carbocycles. The van der Waals surface area contributed by atoms with E-state index < -0.39 is 5.97 Å². The number of carbonyl (C=O) groups is 2. The van der Waals surface area contributed by atoms with Crippen LogP contribution in [-0.4, -0.2) is 22.4 Å². The summed E-state index contributed by atoms with van der Waals surface area (Å²) >= 11 is 1.06. The maximum absolute atomic E-state index is 10.4. The van der Waals surface area contributed by atoms with Gasteiger partial charge in [-0.25, -0.2) is 0 Å². The van der Waals surface area contributed by atoms with E-state index >= 15 is 0 Å². The quantitative estimate of drug-likeness (QED) is 0.641. The van der Waals surface area contributed by atoms with Crippen LogP contribution in [0.2, 0.25) is 0 Å². The summed E-state index contributed by atoms with van der Waals surface area (Å²) in [5.74, 6) is -0.919. The number of carbonyl (C=O) groups excluding carboxylic acids is 1. The molecule has 0 saturated heterocycles. The molecule has 0 unspecified atom stereocenters. The molecule has 0 bridgehead atoms. The minimum absolute atomic E-state index is 0.0559. The second kappa shape index (κ2) is 4.38. The van der Waals surface area contributed by atoms with Crippen molar-refractivity contribution in [3.63, 3.8) is 0 Å². The number of hydrogen-bond donors (Lipinski definition) is 1. The van der Waals surface area contributed by atoms with Crippen molar-refractivity contribution in [2.24, 2.45) is 0 Å². The van der Waals surface area contributed by atoms with Gasteiger partial charge in [-0.3, -0.25) is 9.59 Å². The first-order valence-corrected chi connectivity index (χ1v) is 3.68. The average molecular weight is 148 g/mol. The molecule has 4 heteroatoms. The fourth-order valence-corrected chi connectivity index (χ4v) is 0.617. The van der Waals surface area contributed by atoms with Gasteiger partial charge in [-0.1, -0.05) is 11.8 Å². The Morgan fingerprint density at radius 1 is 1.44 bits per heavy atom. The van der Waals surface area contributed by atoms with Crippen molar-refractivity contribution in [1.82, 2.24) is 0 Å². The molecule has 0 aromatic rings. The summed E-state index contributed by atoms with van der Waals surface area (Å²) in [6, 6.07) is 0. The molecule has 0 aromatic carbocycles. The van der Waals surface area contributed by atoms with Crippen molar-refractivity contribution in [2.75, 3.05) is 6.26 Å². The minimum Gasteiger partial charge on any atom is -0.481 e. The van der Waals surface area contributed by atoms with Gasteiger partial charge in [0.05, 0.1) is 6.42 Å². The number of carboxylic acid groups (broad SMARTS) is 1. The Bertz CT molecular complexity index is 121. The average Bonchev–Trinajstić information content (AvgIpc) is 1.83. The fourth-order valence-electron chi connectivity index (χ4n) is 0.311. The maximum atomic E-state index is 10.4. The third-order valence-electron chi connectivity index (χ3n) is 0.771. The van der Waals surface area contributed by atoms with Crippen LogP contribution < -0.4 is 0 Å². The van der Waals surface area contributed by atoms with Crippen molar-refractivity contribution in [1.29, 1.82) is 0 Å². The molecule has 0 atom stereocenters. The molecule has 0 heterocycles. The van der Waals surface area contributed by atoms with E-state index in [2.05, 4.69) is 0 Å². The van der Waals surface area contributed by atoms with E-state index in [-0.39, 0.29) is 18.0 Å². The van der Waals surface area contributed by atoms with Gasteiger partial charge in [-0.2, -0.15) is 0 Å². The summed E-state index contributed by atoms with van der Waals surface area (Å²) < 4.78 is 0. The summed E-state index contributed by atoms with van der Waals surface area (Å²) in [7, 11) is 0. The Hall–Kier alpha value is -0.510. The fraction of sp³-hybridized carbons (Fsp3) is 0.600. The largest absolute Gasteiger partial charge is 0.481 e. The summed E-state index contributed by atoms with van der Waals surface area (Å²) in [6.45, 7) is 0. The lowest BCUT2D eigenvalue weighted by atomic mass is 10.3. The van der Waals surface area contributed by atoms with Crippen molar-refractivity contribution < 1.29 is 14.7 Å². The maximum Gasteiger partial charge on any atom is 0.303 e. The molecule has 0 aliphatic heterocycles. The van der Waals surface area contributed by atoms with Crippen LogP contribution in [0.25, 0.3) is 0 Å². The van der Waals surface area contributed by atoms with Gasteiger partial charge in [0.25, 0.3) is 0 Å². The van der Waals surface area contributed by atoms with Crippen LogP contribution in [0.3, 0.4) is 0 Å². The minimum atomic E-state index is -0.919. The van der Waals surface area contributed by atoms with Gasteiger partial charge in [-0.05, 0) is 6.26 Å². The third-order valence-corrected chi connectivity index (χ3v) is 1.43. The number of rotatable bonds is 3. The normalized spacial score (nSPS) is 9.00. The van der Waals surface area contributed by atoms with Crippen molar-refractivity contribution >= 4 is 22.8 Å². The lowest BCUT2D eigenvalue weighted by molar-refractivity contribution is -0.137. The Morgan fingerprint density at radius 3 is 2.33 bits per heavy atom. The van der Waals surface area contributed by atoms with Gasteiger partial charge in [0.1, 0.15) is 0 Å².